The predicted octanol–water partition coefficient (Wildman–Crippen LogP) is 9.00. The standard InChI is InChI=1S/C26H37OS2/c1-2-3-4-5-6-7-8-9-10-17-22-27-26(29-25-20-15-12-16-21-25)23-28-24-18-13-11-14-19-24/h11-16,18-21H,2-10,17,22-23H2,1H3. The molecule has 0 saturated heterocycles. The lowest BCUT2D eigenvalue weighted by molar-refractivity contribution is 0.185. The Morgan fingerprint density at radius 1 is 0.655 bits per heavy atom. The molecule has 0 aliphatic rings. The number of ether oxygens (including phenoxy) is 1. The summed E-state index contributed by atoms with van der Waals surface area (Å²) in [7, 11) is 0. The summed E-state index contributed by atoms with van der Waals surface area (Å²) in [6, 6.07) is 21.1. The smallest absolute Gasteiger partial charge is 0.166 e. The average molecular weight is 430 g/mol. The van der Waals surface area contributed by atoms with Crippen LogP contribution in [0.1, 0.15) is 71.1 Å². The van der Waals surface area contributed by atoms with Gasteiger partial charge in [0, 0.05) is 22.2 Å². The second-order valence-corrected chi connectivity index (χ2v) is 9.60. The minimum Gasteiger partial charge on any atom is -0.359 e. The molecule has 2 aromatic rings. The van der Waals surface area contributed by atoms with Crippen LogP contribution in [0.15, 0.2) is 70.5 Å². The summed E-state index contributed by atoms with van der Waals surface area (Å²) in [5.74, 6) is 0.890. The van der Waals surface area contributed by atoms with Gasteiger partial charge in [0.1, 0.15) is 0 Å². The number of hydrogen-bond acceptors (Lipinski definition) is 3. The molecule has 0 atom stereocenters. The molecule has 0 fully saturated rings. The molecule has 1 radical (unpaired) electrons. The van der Waals surface area contributed by atoms with E-state index in [-0.39, 0.29) is 0 Å². The SMILES string of the molecule is CCCCCCCCCCCCO[C](CSc1ccccc1)Sc1ccccc1. The maximum atomic E-state index is 6.20. The van der Waals surface area contributed by atoms with Gasteiger partial charge in [-0.1, -0.05) is 113 Å². The third-order valence-corrected chi connectivity index (χ3v) is 7.03. The minimum absolute atomic E-state index is 0.834. The number of rotatable bonds is 17. The Balaban J connectivity index is 1.61. The lowest BCUT2D eigenvalue weighted by atomic mass is 10.1. The Hall–Kier alpha value is -0.900. The Morgan fingerprint density at radius 3 is 1.76 bits per heavy atom. The van der Waals surface area contributed by atoms with Gasteiger partial charge in [-0.3, -0.25) is 0 Å². The fourth-order valence-corrected chi connectivity index (χ4v) is 4.98. The molecule has 0 saturated carbocycles. The van der Waals surface area contributed by atoms with Crippen molar-refractivity contribution in [1.29, 1.82) is 0 Å². The summed E-state index contributed by atoms with van der Waals surface area (Å²) in [5, 5.41) is 0. The maximum Gasteiger partial charge on any atom is 0.166 e. The first kappa shape index (κ1) is 24.4. The van der Waals surface area contributed by atoms with Crippen molar-refractivity contribution in [2.24, 2.45) is 0 Å². The molecule has 29 heavy (non-hydrogen) atoms. The van der Waals surface area contributed by atoms with E-state index in [1.54, 1.807) is 11.8 Å². The summed E-state index contributed by atoms with van der Waals surface area (Å²) in [5.41, 5.74) is 1.11. The second kappa shape index (κ2) is 16.8. The quantitative estimate of drug-likeness (QED) is 0.183. The lowest BCUT2D eigenvalue weighted by Crippen LogP contribution is -2.04. The first-order valence-corrected chi connectivity index (χ1v) is 13.1. The van der Waals surface area contributed by atoms with Crippen LogP contribution in [0, 0.1) is 5.44 Å². The van der Waals surface area contributed by atoms with E-state index in [4.69, 9.17) is 4.74 Å². The zero-order chi connectivity index (χ0) is 20.4. The zero-order valence-corrected chi connectivity index (χ0v) is 19.6. The molecule has 3 heteroatoms. The van der Waals surface area contributed by atoms with Crippen molar-refractivity contribution in [3.05, 3.63) is 66.1 Å². The number of thioether (sulfide) groups is 2. The maximum absolute atomic E-state index is 6.20. The van der Waals surface area contributed by atoms with Gasteiger partial charge >= 0.3 is 0 Å². The topological polar surface area (TPSA) is 9.23 Å². The Bertz CT molecular complexity index is 603. The van der Waals surface area contributed by atoms with Gasteiger partial charge in [-0.25, -0.2) is 0 Å². The van der Waals surface area contributed by atoms with Crippen molar-refractivity contribution < 1.29 is 4.74 Å². The van der Waals surface area contributed by atoms with Gasteiger partial charge in [-0.05, 0) is 30.7 Å². The molecule has 0 aromatic heterocycles. The number of unbranched alkanes of at least 4 members (excludes halogenated alkanes) is 9. The van der Waals surface area contributed by atoms with E-state index < -0.39 is 0 Å². The summed E-state index contributed by atoms with van der Waals surface area (Å²) >= 11 is 3.61. The lowest BCUT2D eigenvalue weighted by Gasteiger charge is -2.16. The van der Waals surface area contributed by atoms with Crippen molar-refractivity contribution in [3.8, 4) is 0 Å². The molecule has 0 spiro atoms. The molecule has 0 aliphatic heterocycles. The van der Waals surface area contributed by atoms with E-state index in [1.165, 1.54) is 67.6 Å². The molecular weight excluding hydrogens is 392 g/mol. The van der Waals surface area contributed by atoms with Crippen molar-refractivity contribution >= 4 is 23.5 Å². The fourth-order valence-electron chi connectivity index (χ4n) is 3.16. The minimum atomic E-state index is 0.834. The molecule has 159 valence electrons. The molecular formula is C26H37OS2. The van der Waals surface area contributed by atoms with E-state index in [9.17, 15) is 0 Å². The largest absolute Gasteiger partial charge is 0.359 e. The predicted molar refractivity (Wildman–Crippen MR) is 131 cm³/mol. The molecule has 0 unspecified atom stereocenters. The monoisotopic (exact) mass is 429 g/mol. The van der Waals surface area contributed by atoms with Gasteiger partial charge in [0.25, 0.3) is 0 Å². The van der Waals surface area contributed by atoms with Crippen molar-refractivity contribution in [2.75, 3.05) is 12.4 Å². The van der Waals surface area contributed by atoms with Crippen molar-refractivity contribution in [2.45, 2.75) is 80.9 Å². The van der Waals surface area contributed by atoms with Crippen LogP contribution >= 0.6 is 23.5 Å². The third-order valence-electron chi connectivity index (χ3n) is 4.84. The van der Waals surface area contributed by atoms with Crippen molar-refractivity contribution in [3.63, 3.8) is 0 Å². The first-order valence-electron chi connectivity index (χ1n) is 11.3. The summed E-state index contributed by atoms with van der Waals surface area (Å²) in [6.07, 6.45) is 13.6. The summed E-state index contributed by atoms with van der Waals surface area (Å²) in [4.78, 5) is 2.54. The molecule has 0 amide bonds. The van der Waals surface area contributed by atoms with Gasteiger partial charge < -0.3 is 4.74 Å². The van der Waals surface area contributed by atoms with E-state index in [2.05, 4.69) is 67.6 Å². The highest BCUT2D eigenvalue weighted by atomic mass is 32.2. The molecule has 1 nitrogen and oxygen atoms in total. The van der Waals surface area contributed by atoms with E-state index in [0.29, 0.717) is 0 Å². The van der Waals surface area contributed by atoms with Crippen LogP contribution in [0.3, 0.4) is 0 Å². The van der Waals surface area contributed by atoms with Crippen LogP contribution in [-0.4, -0.2) is 12.4 Å². The Labute approximate surface area is 187 Å². The summed E-state index contributed by atoms with van der Waals surface area (Å²) in [6.45, 7) is 3.12. The van der Waals surface area contributed by atoms with Gasteiger partial charge in [0.15, 0.2) is 5.44 Å². The first-order chi connectivity index (χ1) is 14.4. The summed E-state index contributed by atoms with van der Waals surface area (Å²) < 4.78 is 6.20. The highest BCUT2D eigenvalue weighted by Crippen LogP contribution is 2.34. The Kier molecular flexibility index (Phi) is 14.2. The van der Waals surface area contributed by atoms with E-state index in [0.717, 1.165) is 24.2 Å². The van der Waals surface area contributed by atoms with Gasteiger partial charge in [-0.15, -0.1) is 11.8 Å². The highest BCUT2D eigenvalue weighted by Gasteiger charge is 2.13. The second-order valence-electron chi connectivity index (χ2n) is 7.42. The van der Waals surface area contributed by atoms with Crippen LogP contribution in [0.5, 0.6) is 0 Å². The van der Waals surface area contributed by atoms with Crippen molar-refractivity contribution in [1.82, 2.24) is 0 Å². The molecule has 2 rings (SSSR count). The fraction of sp³-hybridized carbons (Fsp3) is 0.500. The van der Waals surface area contributed by atoms with Gasteiger partial charge in [0.2, 0.25) is 0 Å². The Morgan fingerprint density at radius 2 is 1.17 bits per heavy atom. The van der Waals surface area contributed by atoms with Gasteiger partial charge in [-0.2, -0.15) is 0 Å². The van der Waals surface area contributed by atoms with Crippen LogP contribution < -0.4 is 0 Å². The zero-order valence-electron chi connectivity index (χ0n) is 18.0. The van der Waals surface area contributed by atoms with Crippen LogP contribution in [0.2, 0.25) is 0 Å². The molecule has 0 heterocycles. The van der Waals surface area contributed by atoms with Crippen LogP contribution in [-0.2, 0) is 4.74 Å². The third kappa shape index (κ3) is 12.4. The highest BCUT2D eigenvalue weighted by molar-refractivity contribution is 8.05. The van der Waals surface area contributed by atoms with Crippen LogP contribution in [0.25, 0.3) is 0 Å². The number of benzene rings is 2. The molecule has 2 aromatic carbocycles. The van der Waals surface area contributed by atoms with Gasteiger partial charge in [0.05, 0.1) is 0 Å². The average Bonchev–Trinajstić information content (AvgIpc) is 2.77. The van der Waals surface area contributed by atoms with E-state index in [1.807, 2.05) is 11.8 Å². The van der Waals surface area contributed by atoms with E-state index >= 15 is 0 Å². The molecule has 0 aliphatic carbocycles. The normalized spacial score (nSPS) is 11.2. The molecule has 0 N–H and O–H groups in total. The molecule has 0 bridgehead atoms. The number of hydrogen-bond donors (Lipinski definition) is 0. The van der Waals surface area contributed by atoms with Crippen LogP contribution in [0.4, 0.5) is 0 Å².